The zero-order valence-electron chi connectivity index (χ0n) is 18.6. The molecule has 1 aliphatic heterocycles. The van der Waals surface area contributed by atoms with Gasteiger partial charge in [-0.2, -0.15) is 0 Å². The van der Waals surface area contributed by atoms with Gasteiger partial charge in [-0.3, -0.25) is 9.69 Å². The molecule has 2 aromatic carbocycles. The molecular formula is C26H36N2O. The smallest absolute Gasteiger partial charge is 0.251 e. The number of hydrogen-bond donors (Lipinski definition) is 1. The summed E-state index contributed by atoms with van der Waals surface area (Å²) < 4.78 is 0. The highest BCUT2D eigenvalue weighted by molar-refractivity contribution is 5.94. The van der Waals surface area contributed by atoms with Crippen LogP contribution in [-0.4, -0.2) is 27.9 Å². The molecule has 4 atom stereocenters. The molecule has 1 saturated heterocycles. The van der Waals surface area contributed by atoms with E-state index in [0.717, 1.165) is 31.4 Å². The Balaban J connectivity index is 1.89. The van der Waals surface area contributed by atoms with Gasteiger partial charge >= 0.3 is 0 Å². The summed E-state index contributed by atoms with van der Waals surface area (Å²) in [7, 11) is 0. The first-order chi connectivity index (χ1) is 13.8. The van der Waals surface area contributed by atoms with Crippen LogP contribution in [0.4, 0.5) is 0 Å². The van der Waals surface area contributed by atoms with E-state index in [-0.39, 0.29) is 23.0 Å². The minimum atomic E-state index is 0.00743. The largest absolute Gasteiger partial charge is 0.349 e. The Labute approximate surface area is 176 Å². The molecule has 156 valence electrons. The Morgan fingerprint density at radius 1 is 1.00 bits per heavy atom. The van der Waals surface area contributed by atoms with Crippen molar-refractivity contribution in [3.63, 3.8) is 0 Å². The summed E-state index contributed by atoms with van der Waals surface area (Å²) >= 11 is 0. The second-order valence-electron chi connectivity index (χ2n) is 9.07. The first kappa shape index (κ1) is 21.6. The molecule has 1 heterocycles. The number of carbonyl (C=O) groups excluding carboxylic acids is 1. The number of amides is 1. The number of benzene rings is 2. The third kappa shape index (κ3) is 4.25. The third-order valence-electron chi connectivity index (χ3n) is 7.53. The molecule has 1 N–H and O–H groups in total. The van der Waals surface area contributed by atoms with E-state index in [1.165, 1.54) is 5.56 Å². The number of piperidine rings is 1. The molecule has 3 rings (SSSR count). The normalized spacial score (nSPS) is 30.1. The van der Waals surface area contributed by atoms with Crippen LogP contribution < -0.4 is 5.32 Å². The van der Waals surface area contributed by atoms with E-state index >= 15 is 0 Å². The zero-order chi connectivity index (χ0) is 21.1. The lowest BCUT2D eigenvalue weighted by molar-refractivity contribution is -0.102. The Bertz CT molecular complexity index is 806. The SMILES string of the molecule is CCC1(C)CC(NC(=O)c2ccccc2)C(C)C(C)(CC)N1Cc1ccccc1. The zero-order valence-corrected chi connectivity index (χ0v) is 18.6. The van der Waals surface area contributed by atoms with E-state index in [9.17, 15) is 4.79 Å². The fourth-order valence-corrected chi connectivity index (χ4v) is 5.06. The van der Waals surface area contributed by atoms with Crippen LogP contribution in [-0.2, 0) is 6.54 Å². The maximum absolute atomic E-state index is 12.9. The number of nitrogens with zero attached hydrogens (tertiary/aromatic N) is 1. The van der Waals surface area contributed by atoms with Gasteiger partial charge in [0.25, 0.3) is 5.91 Å². The minimum absolute atomic E-state index is 0.00743. The van der Waals surface area contributed by atoms with Crippen molar-refractivity contribution in [1.29, 1.82) is 0 Å². The summed E-state index contributed by atoms with van der Waals surface area (Å²) in [4.78, 5) is 15.6. The quantitative estimate of drug-likeness (QED) is 0.687. The molecule has 29 heavy (non-hydrogen) atoms. The molecule has 3 nitrogen and oxygen atoms in total. The first-order valence-electron chi connectivity index (χ1n) is 11.0. The number of nitrogens with one attached hydrogen (secondary N) is 1. The van der Waals surface area contributed by atoms with Crippen molar-refractivity contribution >= 4 is 5.91 Å². The number of carbonyl (C=O) groups is 1. The summed E-state index contributed by atoms with van der Waals surface area (Å²) in [5.41, 5.74) is 2.13. The van der Waals surface area contributed by atoms with E-state index < -0.39 is 0 Å². The van der Waals surface area contributed by atoms with Crippen LogP contribution in [0.1, 0.15) is 69.8 Å². The van der Waals surface area contributed by atoms with Gasteiger partial charge in [-0.05, 0) is 56.7 Å². The summed E-state index contributed by atoms with van der Waals surface area (Å²) in [6, 6.07) is 20.5. The fraction of sp³-hybridized carbons (Fsp3) is 0.500. The van der Waals surface area contributed by atoms with Gasteiger partial charge in [-0.1, -0.05) is 69.3 Å². The second kappa shape index (κ2) is 8.71. The van der Waals surface area contributed by atoms with Gasteiger partial charge in [-0.25, -0.2) is 0 Å². The highest BCUT2D eigenvalue weighted by atomic mass is 16.1. The van der Waals surface area contributed by atoms with Crippen molar-refractivity contribution in [2.75, 3.05) is 0 Å². The van der Waals surface area contributed by atoms with E-state index in [2.05, 4.69) is 75.2 Å². The molecule has 3 heteroatoms. The minimum Gasteiger partial charge on any atom is -0.349 e. The Morgan fingerprint density at radius 2 is 1.59 bits per heavy atom. The molecule has 0 radical (unpaired) electrons. The molecule has 0 aromatic heterocycles. The van der Waals surface area contributed by atoms with Gasteiger partial charge in [-0.15, -0.1) is 0 Å². The van der Waals surface area contributed by atoms with Crippen LogP contribution in [0, 0.1) is 5.92 Å². The Kier molecular flexibility index (Phi) is 6.48. The molecule has 1 fully saturated rings. The predicted molar refractivity (Wildman–Crippen MR) is 121 cm³/mol. The fourth-order valence-electron chi connectivity index (χ4n) is 5.06. The van der Waals surface area contributed by atoms with E-state index in [4.69, 9.17) is 0 Å². The van der Waals surface area contributed by atoms with E-state index in [1.54, 1.807) is 0 Å². The molecule has 0 bridgehead atoms. The second-order valence-corrected chi connectivity index (χ2v) is 9.07. The van der Waals surface area contributed by atoms with Crippen LogP contribution in [0.3, 0.4) is 0 Å². The molecule has 0 saturated carbocycles. The first-order valence-corrected chi connectivity index (χ1v) is 11.0. The lowest BCUT2D eigenvalue weighted by Crippen LogP contribution is -2.69. The van der Waals surface area contributed by atoms with Crippen LogP contribution in [0.15, 0.2) is 60.7 Å². The maximum Gasteiger partial charge on any atom is 0.251 e. The maximum atomic E-state index is 12.9. The van der Waals surface area contributed by atoms with E-state index in [0.29, 0.717) is 5.92 Å². The van der Waals surface area contributed by atoms with Crippen molar-refractivity contribution in [3.8, 4) is 0 Å². The number of hydrogen-bond acceptors (Lipinski definition) is 2. The van der Waals surface area contributed by atoms with Gasteiger partial charge in [0, 0.05) is 29.2 Å². The average molecular weight is 393 g/mol. The molecule has 1 aliphatic rings. The standard InChI is InChI=1S/C26H36N2O/c1-6-25(4)18-23(27-24(29)22-16-12-9-13-17-22)20(3)26(5,7-2)28(25)19-21-14-10-8-11-15-21/h8-17,20,23H,6-7,18-19H2,1-5H3,(H,27,29). The van der Waals surface area contributed by atoms with Gasteiger partial charge in [0.15, 0.2) is 0 Å². The predicted octanol–water partition coefficient (Wildman–Crippen LogP) is 5.66. The lowest BCUT2D eigenvalue weighted by Gasteiger charge is -2.61. The Morgan fingerprint density at radius 3 is 2.14 bits per heavy atom. The molecule has 2 aromatic rings. The topological polar surface area (TPSA) is 32.3 Å². The van der Waals surface area contributed by atoms with Crippen molar-refractivity contribution in [2.24, 2.45) is 5.92 Å². The summed E-state index contributed by atoms with van der Waals surface area (Å²) in [5.74, 6) is 0.388. The van der Waals surface area contributed by atoms with Gasteiger partial charge in [0.2, 0.25) is 0 Å². The van der Waals surface area contributed by atoms with Crippen molar-refractivity contribution in [2.45, 2.75) is 77.5 Å². The van der Waals surface area contributed by atoms with Crippen molar-refractivity contribution in [1.82, 2.24) is 10.2 Å². The van der Waals surface area contributed by atoms with Crippen LogP contribution in [0.25, 0.3) is 0 Å². The van der Waals surface area contributed by atoms with Crippen LogP contribution in [0.5, 0.6) is 0 Å². The molecule has 1 amide bonds. The highest BCUT2D eigenvalue weighted by Gasteiger charge is 2.52. The lowest BCUT2D eigenvalue weighted by atomic mass is 9.66. The monoisotopic (exact) mass is 392 g/mol. The highest BCUT2D eigenvalue weighted by Crippen LogP contribution is 2.46. The third-order valence-corrected chi connectivity index (χ3v) is 7.53. The number of likely N-dealkylation sites (tertiary alicyclic amines) is 1. The summed E-state index contributed by atoms with van der Waals surface area (Å²) in [6.45, 7) is 12.6. The van der Waals surface area contributed by atoms with Crippen molar-refractivity contribution in [3.05, 3.63) is 71.8 Å². The molecular weight excluding hydrogens is 356 g/mol. The molecule has 4 unspecified atom stereocenters. The Hall–Kier alpha value is -2.13. The number of rotatable bonds is 6. The summed E-state index contributed by atoms with van der Waals surface area (Å²) in [6.07, 6.45) is 3.07. The molecule has 0 spiro atoms. The van der Waals surface area contributed by atoms with Crippen molar-refractivity contribution < 1.29 is 4.79 Å². The van der Waals surface area contributed by atoms with Crippen LogP contribution in [0.2, 0.25) is 0 Å². The van der Waals surface area contributed by atoms with Gasteiger partial charge in [0.05, 0.1) is 0 Å². The van der Waals surface area contributed by atoms with Gasteiger partial charge in [0.1, 0.15) is 0 Å². The van der Waals surface area contributed by atoms with E-state index in [1.807, 2.05) is 30.3 Å². The average Bonchev–Trinajstić information content (AvgIpc) is 2.76. The molecule has 0 aliphatic carbocycles. The van der Waals surface area contributed by atoms with Crippen LogP contribution >= 0.6 is 0 Å². The van der Waals surface area contributed by atoms with Gasteiger partial charge < -0.3 is 5.32 Å². The summed E-state index contributed by atoms with van der Waals surface area (Å²) in [5, 5.41) is 3.38.